The summed E-state index contributed by atoms with van der Waals surface area (Å²) in [4.78, 5) is 4.72. The van der Waals surface area contributed by atoms with E-state index in [0.29, 0.717) is 0 Å². The van der Waals surface area contributed by atoms with E-state index in [0.717, 1.165) is 42.5 Å². The van der Waals surface area contributed by atoms with E-state index in [-0.39, 0.29) is 5.41 Å². The largest absolute Gasteiger partial charge is 0.256 e. The van der Waals surface area contributed by atoms with Gasteiger partial charge < -0.3 is 0 Å². The second-order valence-electron chi connectivity index (χ2n) is 7.33. The molecule has 126 valence electrons. The molecule has 1 aromatic heterocycles. The van der Waals surface area contributed by atoms with E-state index < -0.39 is 5.89 Å². The third-order valence-corrected chi connectivity index (χ3v) is 5.67. The lowest BCUT2D eigenvalue weighted by atomic mass is 9.67. The highest BCUT2D eigenvalue weighted by atomic mass is 14.7. The van der Waals surface area contributed by atoms with E-state index in [9.17, 15) is 0 Å². The van der Waals surface area contributed by atoms with Crippen molar-refractivity contribution in [2.45, 2.75) is 43.9 Å². The van der Waals surface area contributed by atoms with Crippen LogP contribution in [0, 0.1) is 0 Å². The lowest BCUT2D eigenvalue weighted by Gasteiger charge is -2.38. The minimum absolute atomic E-state index is 0.113. The van der Waals surface area contributed by atoms with Crippen LogP contribution >= 0.6 is 0 Å². The summed E-state index contributed by atoms with van der Waals surface area (Å²) in [5.74, 6) is -0.446. The molecule has 0 amide bonds. The first-order valence-electron chi connectivity index (χ1n) is 9.67. The molecule has 0 atom stereocenters. The minimum Gasteiger partial charge on any atom is -0.256 e. The van der Waals surface area contributed by atoms with Crippen LogP contribution in [0.3, 0.4) is 0 Å². The van der Waals surface area contributed by atoms with Crippen LogP contribution in [0.25, 0.3) is 11.3 Å². The maximum absolute atomic E-state index is 8.93. The molecule has 1 aliphatic rings. The van der Waals surface area contributed by atoms with Crippen LogP contribution in [0.1, 0.15) is 51.0 Å². The Bertz CT molecular complexity index is 848. The Balaban J connectivity index is 1.52. The number of benzene rings is 2. The van der Waals surface area contributed by atoms with Crippen molar-refractivity contribution in [1.82, 2.24) is 4.98 Å². The van der Waals surface area contributed by atoms with Crippen molar-refractivity contribution in [3.8, 4) is 11.3 Å². The molecule has 1 nitrogen and oxygen atoms in total. The standard InChI is InChI=1S/C24H25N/c1-24(16-14-20(15-17-24)19-8-4-2-5-9-19)22-12-13-23(25-18-22)21-10-6-3-7-11-21/h2-13,18,20H,14-17H2,1H3/i20D. The van der Waals surface area contributed by atoms with Crippen molar-refractivity contribution in [2.75, 3.05) is 0 Å². The van der Waals surface area contributed by atoms with E-state index in [1.54, 1.807) is 0 Å². The van der Waals surface area contributed by atoms with Gasteiger partial charge in [-0.25, -0.2) is 0 Å². The molecule has 0 saturated heterocycles. The van der Waals surface area contributed by atoms with Crippen molar-refractivity contribution < 1.29 is 1.37 Å². The fourth-order valence-electron chi connectivity index (χ4n) is 3.89. The Morgan fingerprint density at radius 2 is 1.52 bits per heavy atom. The number of aromatic nitrogens is 1. The predicted octanol–water partition coefficient (Wildman–Crippen LogP) is 6.36. The lowest BCUT2D eigenvalue weighted by Crippen LogP contribution is -2.28. The van der Waals surface area contributed by atoms with Crippen LogP contribution in [0.5, 0.6) is 0 Å². The molecule has 1 aliphatic carbocycles. The topological polar surface area (TPSA) is 12.9 Å². The maximum atomic E-state index is 8.93. The first-order valence-corrected chi connectivity index (χ1v) is 9.17. The van der Waals surface area contributed by atoms with Gasteiger partial charge in [-0.3, -0.25) is 4.98 Å². The summed E-state index contributed by atoms with van der Waals surface area (Å²) in [6, 6.07) is 25.0. The summed E-state index contributed by atoms with van der Waals surface area (Å²) in [7, 11) is 0. The molecule has 0 radical (unpaired) electrons. The summed E-state index contributed by atoms with van der Waals surface area (Å²) in [6.45, 7) is 2.33. The molecule has 0 unspecified atom stereocenters. The van der Waals surface area contributed by atoms with Gasteiger partial charge in [0.2, 0.25) is 0 Å². The summed E-state index contributed by atoms with van der Waals surface area (Å²) in [5.41, 5.74) is 4.74. The highest BCUT2D eigenvalue weighted by Gasteiger charge is 2.33. The highest BCUT2D eigenvalue weighted by Crippen LogP contribution is 2.44. The van der Waals surface area contributed by atoms with Gasteiger partial charge in [-0.05, 0) is 54.2 Å². The van der Waals surface area contributed by atoms with Crippen molar-refractivity contribution in [2.24, 2.45) is 0 Å². The van der Waals surface area contributed by atoms with Crippen molar-refractivity contribution >= 4 is 0 Å². The smallest absolute Gasteiger partial charge is 0.0702 e. The summed E-state index contributed by atoms with van der Waals surface area (Å²) in [5, 5.41) is 0. The van der Waals surface area contributed by atoms with Gasteiger partial charge in [0.1, 0.15) is 0 Å². The Morgan fingerprint density at radius 3 is 2.12 bits per heavy atom. The first-order chi connectivity index (χ1) is 12.6. The van der Waals surface area contributed by atoms with Gasteiger partial charge in [0.15, 0.2) is 0 Å². The van der Waals surface area contributed by atoms with Crippen molar-refractivity contribution in [3.63, 3.8) is 0 Å². The van der Waals surface area contributed by atoms with Gasteiger partial charge in [-0.2, -0.15) is 0 Å². The van der Waals surface area contributed by atoms with E-state index in [1.165, 1.54) is 5.56 Å². The average molecular weight is 328 g/mol. The Labute approximate surface area is 152 Å². The predicted molar refractivity (Wildman–Crippen MR) is 105 cm³/mol. The Morgan fingerprint density at radius 1 is 0.880 bits per heavy atom. The van der Waals surface area contributed by atoms with Gasteiger partial charge in [0, 0.05) is 13.1 Å². The van der Waals surface area contributed by atoms with Crippen LogP contribution < -0.4 is 0 Å². The van der Waals surface area contributed by atoms with Gasteiger partial charge in [-0.1, -0.05) is 73.7 Å². The molecule has 1 heteroatoms. The fraction of sp³-hybridized carbons (Fsp3) is 0.292. The molecule has 25 heavy (non-hydrogen) atoms. The van der Waals surface area contributed by atoms with Crippen LogP contribution in [0.15, 0.2) is 79.0 Å². The molecule has 1 heterocycles. The summed E-state index contributed by atoms with van der Waals surface area (Å²) in [6.07, 6.45) is 5.89. The molecule has 0 N–H and O–H groups in total. The molecular formula is C24H25N. The van der Waals surface area contributed by atoms with Gasteiger partial charge >= 0.3 is 0 Å². The Hall–Kier alpha value is -2.41. The van der Waals surface area contributed by atoms with Crippen LogP contribution in [-0.2, 0) is 5.41 Å². The zero-order valence-electron chi connectivity index (χ0n) is 15.8. The normalized spacial score (nSPS) is 26.8. The van der Waals surface area contributed by atoms with Crippen molar-refractivity contribution in [1.29, 1.82) is 0 Å². The molecule has 0 aliphatic heterocycles. The Kier molecular flexibility index (Phi) is 4.07. The number of rotatable bonds is 3. The lowest BCUT2D eigenvalue weighted by molar-refractivity contribution is 0.291. The monoisotopic (exact) mass is 328 g/mol. The third-order valence-electron chi connectivity index (χ3n) is 5.67. The van der Waals surface area contributed by atoms with E-state index in [1.807, 2.05) is 42.6 Å². The summed E-state index contributed by atoms with van der Waals surface area (Å²) >= 11 is 0. The number of hydrogen-bond donors (Lipinski definition) is 0. The molecule has 3 aromatic rings. The van der Waals surface area contributed by atoms with E-state index in [2.05, 4.69) is 43.3 Å². The quantitative estimate of drug-likeness (QED) is 0.545. The number of nitrogens with zero attached hydrogens (tertiary/aromatic N) is 1. The van der Waals surface area contributed by atoms with Crippen LogP contribution in [0.2, 0.25) is 0 Å². The zero-order valence-corrected chi connectivity index (χ0v) is 14.8. The maximum Gasteiger partial charge on any atom is 0.0702 e. The second-order valence-corrected chi connectivity index (χ2v) is 7.33. The molecule has 4 rings (SSSR count). The molecular weight excluding hydrogens is 302 g/mol. The van der Waals surface area contributed by atoms with Crippen molar-refractivity contribution in [3.05, 3.63) is 90.1 Å². The zero-order chi connectivity index (χ0) is 18.0. The van der Waals surface area contributed by atoms with Gasteiger partial charge in [0.05, 0.1) is 5.69 Å². The first kappa shape index (κ1) is 14.9. The third kappa shape index (κ3) is 3.37. The summed E-state index contributed by atoms with van der Waals surface area (Å²) < 4.78 is 8.93. The van der Waals surface area contributed by atoms with Crippen LogP contribution in [-0.4, -0.2) is 4.98 Å². The molecule has 0 bridgehead atoms. The highest BCUT2D eigenvalue weighted by molar-refractivity contribution is 5.58. The number of pyridine rings is 1. The molecule has 1 fully saturated rings. The van der Waals surface area contributed by atoms with E-state index >= 15 is 0 Å². The van der Waals surface area contributed by atoms with Crippen LogP contribution in [0.4, 0.5) is 0 Å². The second kappa shape index (κ2) is 6.84. The molecule has 2 aromatic carbocycles. The average Bonchev–Trinajstić information content (AvgIpc) is 2.72. The van der Waals surface area contributed by atoms with Gasteiger partial charge in [0.25, 0.3) is 0 Å². The minimum atomic E-state index is -0.446. The molecule has 0 spiro atoms. The molecule has 1 saturated carbocycles. The van der Waals surface area contributed by atoms with Gasteiger partial charge in [-0.15, -0.1) is 0 Å². The number of hydrogen-bond acceptors (Lipinski definition) is 1. The SMILES string of the molecule is [2H]C1(c2ccccc2)CCC(C)(c2ccc(-c3ccccc3)nc2)CC1. The fourth-order valence-corrected chi connectivity index (χ4v) is 3.89. The van der Waals surface area contributed by atoms with E-state index in [4.69, 9.17) is 6.35 Å².